The molecule has 0 spiro atoms. The fourth-order valence-electron chi connectivity index (χ4n) is 1.88. The summed E-state index contributed by atoms with van der Waals surface area (Å²) in [5.74, 6) is 1.84. The van der Waals surface area contributed by atoms with Gasteiger partial charge in [-0.05, 0) is 32.1 Å². The first kappa shape index (κ1) is 20.2. The first-order chi connectivity index (χ1) is 9.76. The predicted octanol–water partition coefficient (Wildman–Crippen LogP) is 2.34. The number of unbranched alkanes of at least 4 members (excludes halogenated alkanes) is 1. The Kier molecular flexibility index (Phi) is 12.5. The maximum atomic E-state index is 5.29. The van der Waals surface area contributed by atoms with Gasteiger partial charge in [0, 0.05) is 33.1 Å². The van der Waals surface area contributed by atoms with Crippen molar-refractivity contribution in [2.75, 3.05) is 40.3 Å². The highest BCUT2D eigenvalue weighted by molar-refractivity contribution is 14.0. The van der Waals surface area contributed by atoms with Crippen LogP contribution in [0.25, 0.3) is 0 Å². The summed E-state index contributed by atoms with van der Waals surface area (Å²) in [5.41, 5.74) is 0. The lowest BCUT2D eigenvalue weighted by molar-refractivity contribution is 0.332. The van der Waals surface area contributed by atoms with Crippen LogP contribution in [0.3, 0.4) is 0 Å². The SMILES string of the molecule is CCCCN(C)CCNC(=NC)NCCc1ccco1.I. The summed E-state index contributed by atoms with van der Waals surface area (Å²) < 4.78 is 5.29. The molecule has 1 rings (SSSR count). The van der Waals surface area contributed by atoms with Crippen LogP contribution in [0, 0.1) is 0 Å². The molecule has 0 radical (unpaired) electrons. The van der Waals surface area contributed by atoms with E-state index in [0.717, 1.165) is 44.3 Å². The van der Waals surface area contributed by atoms with E-state index < -0.39 is 0 Å². The molecule has 0 fully saturated rings. The van der Waals surface area contributed by atoms with Gasteiger partial charge < -0.3 is 20.0 Å². The molecule has 1 heterocycles. The van der Waals surface area contributed by atoms with Crippen molar-refractivity contribution in [3.8, 4) is 0 Å². The standard InChI is InChI=1S/C15H28N4O.HI/c1-4-5-11-19(3)12-10-18-15(16-2)17-9-8-14-7-6-13-20-14;/h6-7,13H,4-5,8-12H2,1-3H3,(H2,16,17,18);1H. The molecule has 21 heavy (non-hydrogen) atoms. The van der Waals surface area contributed by atoms with Gasteiger partial charge in [0.15, 0.2) is 5.96 Å². The van der Waals surface area contributed by atoms with Gasteiger partial charge in [0.2, 0.25) is 0 Å². The number of hydrogen-bond acceptors (Lipinski definition) is 3. The monoisotopic (exact) mass is 408 g/mol. The quantitative estimate of drug-likeness (QED) is 0.374. The third kappa shape index (κ3) is 9.73. The van der Waals surface area contributed by atoms with E-state index in [-0.39, 0.29) is 24.0 Å². The highest BCUT2D eigenvalue weighted by Gasteiger charge is 2.01. The fraction of sp³-hybridized carbons (Fsp3) is 0.667. The van der Waals surface area contributed by atoms with E-state index in [0.29, 0.717) is 0 Å². The molecule has 0 unspecified atom stereocenters. The second-order valence-corrected chi connectivity index (χ2v) is 4.91. The molecule has 0 saturated heterocycles. The Labute approximate surface area is 145 Å². The second-order valence-electron chi connectivity index (χ2n) is 4.91. The van der Waals surface area contributed by atoms with Gasteiger partial charge in [0.1, 0.15) is 5.76 Å². The lowest BCUT2D eigenvalue weighted by Gasteiger charge is -2.17. The zero-order chi connectivity index (χ0) is 14.6. The van der Waals surface area contributed by atoms with Crippen LogP contribution in [0.4, 0.5) is 0 Å². The smallest absolute Gasteiger partial charge is 0.191 e. The predicted molar refractivity (Wildman–Crippen MR) is 99.6 cm³/mol. The van der Waals surface area contributed by atoms with Crippen molar-refractivity contribution < 1.29 is 4.42 Å². The number of hydrogen-bond donors (Lipinski definition) is 2. The number of furan rings is 1. The van der Waals surface area contributed by atoms with Gasteiger partial charge in [-0.2, -0.15) is 0 Å². The van der Waals surface area contributed by atoms with E-state index in [1.54, 1.807) is 13.3 Å². The zero-order valence-electron chi connectivity index (χ0n) is 13.4. The molecule has 0 aliphatic rings. The van der Waals surface area contributed by atoms with Crippen LogP contribution >= 0.6 is 24.0 Å². The van der Waals surface area contributed by atoms with Crippen LogP contribution in [0.15, 0.2) is 27.8 Å². The number of halogens is 1. The molecular weight excluding hydrogens is 379 g/mol. The summed E-state index contributed by atoms with van der Waals surface area (Å²) in [5, 5.41) is 6.61. The number of nitrogens with zero attached hydrogens (tertiary/aromatic N) is 2. The van der Waals surface area contributed by atoms with Crippen molar-refractivity contribution in [2.45, 2.75) is 26.2 Å². The molecule has 0 aliphatic heterocycles. The third-order valence-corrected chi connectivity index (χ3v) is 3.15. The topological polar surface area (TPSA) is 52.8 Å². The Hall–Kier alpha value is -0.760. The number of rotatable bonds is 9. The summed E-state index contributed by atoms with van der Waals surface area (Å²) in [6.07, 6.45) is 5.07. The van der Waals surface area contributed by atoms with Crippen molar-refractivity contribution in [2.24, 2.45) is 4.99 Å². The molecule has 0 aromatic carbocycles. The van der Waals surface area contributed by atoms with Crippen LogP contribution in [0.1, 0.15) is 25.5 Å². The van der Waals surface area contributed by atoms with Gasteiger partial charge in [0.05, 0.1) is 6.26 Å². The van der Waals surface area contributed by atoms with Gasteiger partial charge in [0.25, 0.3) is 0 Å². The van der Waals surface area contributed by atoms with Crippen LogP contribution < -0.4 is 10.6 Å². The molecule has 2 N–H and O–H groups in total. The minimum Gasteiger partial charge on any atom is -0.469 e. The van der Waals surface area contributed by atoms with Gasteiger partial charge in [-0.25, -0.2) is 0 Å². The lowest BCUT2D eigenvalue weighted by Crippen LogP contribution is -2.41. The van der Waals surface area contributed by atoms with Gasteiger partial charge in [-0.1, -0.05) is 13.3 Å². The van der Waals surface area contributed by atoms with Gasteiger partial charge >= 0.3 is 0 Å². The van der Waals surface area contributed by atoms with Crippen LogP contribution in [0.2, 0.25) is 0 Å². The molecule has 1 aromatic heterocycles. The third-order valence-electron chi connectivity index (χ3n) is 3.15. The molecule has 1 aromatic rings. The summed E-state index contributed by atoms with van der Waals surface area (Å²) >= 11 is 0. The highest BCUT2D eigenvalue weighted by Crippen LogP contribution is 1.99. The molecule has 122 valence electrons. The molecule has 0 bridgehead atoms. The number of aliphatic imine (C=N–C) groups is 1. The Balaban J connectivity index is 0.00000400. The maximum Gasteiger partial charge on any atom is 0.191 e. The van der Waals surface area contributed by atoms with E-state index >= 15 is 0 Å². The maximum absolute atomic E-state index is 5.29. The molecule has 6 heteroatoms. The summed E-state index contributed by atoms with van der Waals surface area (Å²) in [4.78, 5) is 6.55. The van der Waals surface area contributed by atoms with E-state index in [1.807, 2.05) is 12.1 Å². The normalized spacial score (nSPS) is 11.3. The largest absolute Gasteiger partial charge is 0.469 e. The van der Waals surface area contributed by atoms with Crippen molar-refractivity contribution in [3.63, 3.8) is 0 Å². The zero-order valence-corrected chi connectivity index (χ0v) is 15.7. The van der Waals surface area contributed by atoms with Crippen LogP contribution in [0.5, 0.6) is 0 Å². The van der Waals surface area contributed by atoms with E-state index in [9.17, 15) is 0 Å². The minimum absolute atomic E-state index is 0. The number of guanidine groups is 1. The Bertz CT molecular complexity index is 368. The molecule has 0 atom stereocenters. The van der Waals surface area contributed by atoms with Crippen molar-refractivity contribution in [1.29, 1.82) is 0 Å². The highest BCUT2D eigenvalue weighted by atomic mass is 127. The van der Waals surface area contributed by atoms with Crippen molar-refractivity contribution in [3.05, 3.63) is 24.2 Å². The van der Waals surface area contributed by atoms with Gasteiger partial charge in [-0.3, -0.25) is 4.99 Å². The minimum atomic E-state index is 0. The van der Waals surface area contributed by atoms with Gasteiger partial charge in [-0.15, -0.1) is 24.0 Å². The first-order valence-corrected chi connectivity index (χ1v) is 7.41. The molecule has 0 aliphatic carbocycles. The van der Waals surface area contributed by atoms with E-state index in [1.165, 1.54) is 12.8 Å². The first-order valence-electron chi connectivity index (χ1n) is 7.41. The average Bonchev–Trinajstić information content (AvgIpc) is 2.96. The Morgan fingerprint density at radius 2 is 2.05 bits per heavy atom. The van der Waals surface area contributed by atoms with Crippen LogP contribution in [-0.4, -0.2) is 51.1 Å². The van der Waals surface area contributed by atoms with Crippen LogP contribution in [-0.2, 0) is 6.42 Å². The molecule has 5 nitrogen and oxygen atoms in total. The molecular formula is C15H29IN4O. The average molecular weight is 408 g/mol. The van der Waals surface area contributed by atoms with Crippen molar-refractivity contribution >= 4 is 29.9 Å². The summed E-state index contributed by atoms with van der Waals surface area (Å²) in [6, 6.07) is 3.90. The summed E-state index contributed by atoms with van der Waals surface area (Å²) in [7, 11) is 3.95. The Morgan fingerprint density at radius 3 is 2.67 bits per heavy atom. The van der Waals surface area contributed by atoms with Crippen molar-refractivity contribution in [1.82, 2.24) is 15.5 Å². The lowest BCUT2D eigenvalue weighted by atomic mass is 10.3. The number of nitrogens with one attached hydrogen (secondary N) is 2. The summed E-state index contributed by atoms with van der Waals surface area (Å²) in [6.45, 7) is 6.12. The van der Waals surface area contributed by atoms with E-state index in [2.05, 4.69) is 34.5 Å². The fourth-order valence-corrected chi connectivity index (χ4v) is 1.88. The molecule has 0 amide bonds. The second kappa shape index (κ2) is 12.9. The number of likely N-dealkylation sites (N-methyl/N-ethyl adjacent to an activating group) is 1. The Morgan fingerprint density at radius 1 is 1.29 bits per heavy atom. The van der Waals surface area contributed by atoms with E-state index in [4.69, 9.17) is 4.42 Å². The molecule has 0 saturated carbocycles.